The summed E-state index contributed by atoms with van der Waals surface area (Å²) in [5.41, 5.74) is 2.80. The highest BCUT2D eigenvalue weighted by Gasteiger charge is 2.18. The fourth-order valence-electron chi connectivity index (χ4n) is 3.39. The molecular formula is C25H17FN4O2S. The van der Waals surface area contributed by atoms with Crippen molar-refractivity contribution in [1.29, 1.82) is 0 Å². The average Bonchev–Trinajstić information content (AvgIpc) is 3.43. The van der Waals surface area contributed by atoms with E-state index in [9.17, 15) is 14.0 Å². The summed E-state index contributed by atoms with van der Waals surface area (Å²) >= 11 is 1.44. The Morgan fingerprint density at radius 2 is 1.48 bits per heavy atom. The molecule has 0 fully saturated rings. The third kappa shape index (κ3) is 4.24. The molecule has 0 radical (unpaired) electrons. The standard InChI is InChI=1S/C25H17FN4O2S/c26-19-10-6-16(7-11-19)21-22(30-14-15-33-25(30)28-21)29-24(32)18-8-12-20(13-9-18)27-23(31)17-4-2-1-3-5-17/h1-15H,(H,27,31)(H,29,32). The van der Waals surface area contributed by atoms with Gasteiger partial charge in [-0.05, 0) is 60.7 Å². The number of amides is 2. The summed E-state index contributed by atoms with van der Waals surface area (Å²) in [6.07, 6.45) is 1.82. The van der Waals surface area contributed by atoms with E-state index in [1.807, 2.05) is 17.6 Å². The van der Waals surface area contributed by atoms with Crippen molar-refractivity contribution in [1.82, 2.24) is 9.38 Å². The van der Waals surface area contributed by atoms with Crippen molar-refractivity contribution >= 4 is 39.6 Å². The molecule has 0 atom stereocenters. The first-order valence-corrected chi connectivity index (χ1v) is 11.0. The van der Waals surface area contributed by atoms with Crippen LogP contribution in [-0.4, -0.2) is 21.2 Å². The molecule has 162 valence electrons. The molecule has 0 saturated carbocycles. The average molecular weight is 457 g/mol. The highest BCUT2D eigenvalue weighted by molar-refractivity contribution is 7.15. The maximum Gasteiger partial charge on any atom is 0.256 e. The highest BCUT2D eigenvalue weighted by Crippen LogP contribution is 2.31. The predicted octanol–water partition coefficient (Wildman–Crippen LogP) is 5.71. The van der Waals surface area contributed by atoms with Crippen molar-refractivity contribution in [2.24, 2.45) is 0 Å². The van der Waals surface area contributed by atoms with Crippen molar-refractivity contribution < 1.29 is 14.0 Å². The number of nitrogens with zero attached hydrogens (tertiary/aromatic N) is 2. The lowest BCUT2D eigenvalue weighted by Gasteiger charge is -2.09. The SMILES string of the molecule is O=C(Nc1ccc(C(=O)Nc2c(-c3ccc(F)cc3)nc3sccn23)cc1)c1ccccc1. The van der Waals surface area contributed by atoms with E-state index >= 15 is 0 Å². The number of aromatic nitrogens is 2. The molecule has 2 amide bonds. The number of benzene rings is 3. The number of carbonyl (C=O) groups is 2. The predicted molar refractivity (Wildman–Crippen MR) is 127 cm³/mol. The van der Waals surface area contributed by atoms with Gasteiger partial charge in [0, 0.05) is 34.0 Å². The Morgan fingerprint density at radius 3 is 2.21 bits per heavy atom. The second kappa shape index (κ2) is 8.68. The number of hydrogen-bond acceptors (Lipinski definition) is 4. The molecule has 0 aliphatic rings. The summed E-state index contributed by atoms with van der Waals surface area (Å²) in [6.45, 7) is 0. The van der Waals surface area contributed by atoms with E-state index < -0.39 is 0 Å². The lowest BCUT2D eigenvalue weighted by Crippen LogP contribution is -2.15. The van der Waals surface area contributed by atoms with Crippen LogP contribution >= 0.6 is 11.3 Å². The van der Waals surface area contributed by atoms with Crippen LogP contribution in [0, 0.1) is 5.82 Å². The van der Waals surface area contributed by atoms with Gasteiger partial charge in [-0.25, -0.2) is 9.37 Å². The van der Waals surface area contributed by atoms with Crippen LogP contribution in [0.4, 0.5) is 15.9 Å². The first-order chi connectivity index (χ1) is 16.1. The van der Waals surface area contributed by atoms with Crippen LogP contribution in [0.1, 0.15) is 20.7 Å². The van der Waals surface area contributed by atoms with E-state index in [-0.39, 0.29) is 17.6 Å². The summed E-state index contributed by atoms with van der Waals surface area (Å²) < 4.78 is 15.2. The van der Waals surface area contributed by atoms with Crippen LogP contribution in [0.2, 0.25) is 0 Å². The third-order valence-electron chi connectivity index (χ3n) is 5.05. The van der Waals surface area contributed by atoms with Crippen LogP contribution in [0.25, 0.3) is 16.2 Å². The lowest BCUT2D eigenvalue weighted by molar-refractivity contribution is 0.101. The summed E-state index contributed by atoms with van der Waals surface area (Å²) in [5.74, 6) is -0.391. The van der Waals surface area contributed by atoms with Crippen LogP contribution in [-0.2, 0) is 0 Å². The molecule has 0 aliphatic carbocycles. The number of fused-ring (bicyclic) bond motifs is 1. The first-order valence-electron chi connectivity index (χ1n) is 10.1. The van der Waals surface area contributed by atoms with Crippen molar-refractivity contribution in [3.63, 3.8) is 0 Å². The minimum Gasteiger partial charge on any atom is -0.322 e. The highest BCUT2D eigenvalue weighted by atomic mass is 32.1. The Labute approximate surface area is 192 Å². The van der Waals surface area contributed by atoms with Gasteiger partial charge in [0.15, 0.2) is 4.96 Å². The van der Waals surface area contributed by atoms with Gasteiger partial charge in [0.2, 0.25) is 0 Å². The smallest absolute Gasteiger partial charge is 0.256 e. The van der Waals surface area contributed by atoms with Gasteiger partial charge in [-0.1, -0.05) is 18.2 Å². The molecule has 8 heteroatoms. The Hall–Kier alpha value is -4.30. The minimum absolute atomic E-state index is 0.226. The second-order valence-electron chi connectivity index (χ2n) is 7.22. The quantitative estimate of drug-likeness (QED) is 0.356. The number of imidazole rings is 1. The molecule has 0 unspecified atom stereocenters. The number of rotatable bonds is 5. The van der Waals surface area contributed by atoms with Gasteiger partial charge >= 0.3 is 0 Å². The maximum absolute atomic E-state index is 13.4. The van der Waals surface area contributed by atoms with E-state index in [0.717, 1.165) is 0 Å². The molecule has 0 bridgehead atoms. The number of hydrogen-bond donors (Lipinski definition) is 2. The Kier molecular flexibility index (Phi) is 5.42. The molecule has 3 aromatic carbocycles. The van der Waals surface area contributed by atoms with Crippen LogP contribution in [0.15, 0.2) is 90.4 Å². The largest absolute Gasteiger partial charge is 0.322 e. The van der Waals surface area contributed by atoms with Gasteiger partial charge < -0.3 is 10.6 Å². The summed E-state index contributed by atoms with van der Waals surface area (Å²) in [4.78, 5) is 30.6. The third-order valence-corrected chi connectivity index (χ3v) is 5.81. The zero-order valence-corrected chi connectivity index (χ0v) is 18.0. The van der Waals surface area contributed by atoms with E-state index in [4.69, 9.17) is 0 Å². The zero-order chi connectivity index (χ0) is 22.8. The molecule has 2 heterocycles. The number of anilines is 2. The number of carbonyl (C=O) groups excluding carboxylic acids is 2. The van der Waals surface area contributed by atoms with Crippen molar-refractivity contribution in [3.8, 4) is 11.3 Å². The van der Waals surface area contributed by atoms with E-state index in [2.05, 4.69) is 15.6 Å². The first kappa shape index (κ1) is 20.6. The molecule has 5 rings (SSSR count). The Morgan fingerprint density at radius 1 is 0.818 bits per heavy atom. The number of thiazole rings is 1. The van der Waals surface area contributed by atoms with Gasteiger partial charge in [-0.15, -0.1) is 11.3 Å². The van der Waals surface area contributed by atoms with Crippen LogP contribution in [0.5, 0.6) is 0 Å². The Bertz CT molecular complexity index is 1440. The van der Waals surface area contributed by atoms with Crippen molar-refractivity contribution in [2.75, 3.05) is 10.6 Å². The molecule has 5 aromatic rings. The molecule has 0 saturated heterocycles. The normalized spacial score (nSPS) is 10.8. The van der Waals surface area contributed by atoms with Crippen molar-refractivity contribution in [2.45, 2.75) is 0 Å². The molecule has 2 aromatic heterocycles. The molecule has 2 N–H and O–H groups in total. The molecule has 0 spiro atoms. The van der Waals surface area contributed by atoms with Gasteiger partial charge in [0.05, 0.1) is 0 Å². The van der Waals surface area contributed by atoms with Crippen molar-refractivity contribution in [3.05, 3.63) is 107 Å². The molecule has 33 heavy (non-hydrogen) atoms. The molecule has 0 aliphatic heterocycles. The topological polar surface area (TPSA) is 75.5 Å². The second-order valence-corrected chi connectivity index (χ2v) is 8.10. The van der Waals surface area contributed by atoms with E-state index in [1.165, 1.54) is 23.5 Å². The van der Waals surface area contributed by atoms with Gasteiger partial charge in [-0.2, -0.15) is 0 Å². The number of halogens is 1. The van der Waals surface area contributed by atoms with E-state index in [0.29, 0.717) is 38.9 Å². The van der Waals surface area contributed by atoms with Gasteiger partial charge in [0.1, 0.15) is 17.3 Å². The fourth-order valence-corrected chi connectivity index (χ4v) is 4.11. The Balaban J connectivity index is 1.37. The monoisotopic (exact) mass is 456 g/mol. The van der Waals surface area contributed by atoms with Crippen LogP contribution in [0.3, 0.4) is 0 Å². The molecule has 6 nitrogen and oxygen atoms in total. The molecular weight excluding hydrogens is 439 g/mol. The van der Waals surface area contributed by atoms with Crippen LogP contribution < -0.4 is 10.6 Å². The number of nitrogens with one attached hydrogen (secondary N) is 2. The van der Waals surface area contributed by atoms with E-state index in [1.54, 1.807) is 65.1 Å². The van der Waals surface area contributed by atoms with Gasteiger partial charge in [-0.3, -0.25) is 14.0 Å². The zero-order valence-electron chi connectivity index (χ0n) is 17.2. The lowest BCUT2D eigenvalue weighted by atomic mass is 10.1. The summed E-state index contributed by atoms with van der Waals surface area (Å²) in [5, 5.41) is 7.61. The fraction of sp³-hybridized carbons (Fsp3) is 0. The minimum atomic E-state index is -0.343. The summed E-state index contributed by atoms with van der Waals surface area (Å²) in [7, 11) is 0. The maximum atomic E-state index is 13.4. The summed E-state index contributed by atoms with van der Waals surface area (Å²) in [6, 6.07) is 21.5. The van der Waals surface area contributed by atoms with Gasteiger partial charge in [0.25, 0.3) is 11.8 Å².